The summed E-state index contributed by atoms with van der Waals surface area (Å²) >= 11 is 0. The molecule has 0 aromatic heterocycles. The van der Waals surface area contributed by atoms with Gasteiger partial charge < -0.3 is 21.1 Å². The largest absolute Gasteiger partial charge is 0.493 e. The molecule has 3 rings (SSSR count). The Morgan fingerprint density at radius 2 is 2.13 bits per heavy atom. The second kappa shape index (κ2) is 7.35. The van der Waals surface area contributed by atoms with Gasteiger partial charge in [-0.15, -0.1) is 0 Å². The molecule has 124 valence electrons. The number of hydrogen-bond donors (Lipinski definition) is 3. The Hall–Kier alpha value is -2.24. The monoisotopic (exact) mass is 316 g/mol. The number of aliphatic imine (C=N–C) groups is 1. The minimum absolute atomic E-state index is 0.0215. The highest BCUT2D eigenvalue weighted by molar-refractivity contribution is 5.84. The van der Waals surface area contributed by atoms with Crippen LogP contribution >= 0.6 is 0 Å². The molecule has 1 aromatic rings. The van der Waals surface area contributed by atoms with Crippen molar-refractivity contribution < 1.29 is 9.53 Å². The number of carbonyl (C=O) groups is 1. The Morgan fingerprint density at radius 3 is 2.91 bits per heavy atom. The van der Waals surface area contributed by atoms with Crippen molar-refractivity contribution >= 4 is 11.9 Å². The number of guanidine groups is 1. The Kier molecular flexibility index (Phi) is 5.00. The molecule has 1 unspecified atom stereocenters. The van der Waals surface area contributed by atoms with Gasteiger partial charge in [-0.25, -0.2) is 4.99 Å². The normalized spacial score (nSPS) is 20.9. The summed E-state index contributed by atoms with van der Waals surface area (Å²) in [6, 6.07) is 7.77. The molecule has 1 saturated carbocycles. The number of nitrogens with two attached hydrogens (primary N) is 1. The topological polar surface area (TPSA) is 88.7 Å². The van der Waals surface area contributed by atoms with Crippen molar-refractivity contribution in [2.75, 3.05) is 19.7 Å². The van der Waals surface area contributed by atoms with Gasteiger partial charge >= 0.3 is 0 Å². The Labute approximate surface area is 136 Å². The lowest BCUT2D eigenvalue weighted by molar-refractivity contribution is -0.120. The summed E-state index contributed by atoms with van der Waals surface area (Å²) in [5.41, 5.74) is 6.82. The van der Waals surface area contributed by atoms with Crippen LogP contribution in [0.25, 0.3) is 0 Å². The van der Waals surface area contributed by atoms with E-state index in [2.05, 4.69) is 15.6 Å². The minimum Gasteiger partial charge on any atom is -0.493 e. The fourth-order valence-corrected chi connectivity index (χ4v) is 2.89. The number of ether oxygens (including phenoxy) is 1. The highest BCUT2D eigenvalue weighted by Crippen LogP contribution is 2.31. The number of hydrogen-bond acceptors (Lipinski definition) is 3. The first-order valence-electron chi connectivity index (χ1n) is 8.27. The molecule has 1 aromatic carbocycles. The second-order valence-corrected chi connectivity index (χ2v) is 6.17. The first kappa shape index (κ1) is 15.6. The SMILES string of the molecule is NC(=NCC(=O)NC1CCOc2ccccc21)NCC1CCC1. The number of fused-ring (bicyclic) bond motifs is 1. The van der Waals surface area contributed by atoms with Crippen LogP contribution < -0.4 is 21.1 Å². The van der Waals surface area contributed by atoms with Gasteiger partial charge in [-0.2, -0.15) is 0 Å². The number of para-hydroxylation sites is 1. The van der Waals surface area contributed by atoms with Crippen LogP contribution in [0.15, 0.2) is 29.3 Å². The number of nitrogens with zero attached hydrogens (tertiary/aromatic N) is 1. The molecular weight excluding hydrogens is 292 g/mol. The average Bonchev–Trinajstić information content (AvgIpc) is 2.52. The Balaban J connectivity index is 1.47. The lowest BCUT2D eigenvalue weighted by Gasteiger charge is -2.26. The van der Waals surface area contributed by atoms with Gasteiger partial charge in [-0.1, -0.05) is 24.6 Å². The molecule has 0 saturated heterocycles. The second-order valence-electron chi connectivity index (χ2n) is 6.17. The molecule has 1 fully saturated rings. The van der Waals surface area contributed by atoms with Crippen molar-refractivity contribution in [1.82, 2.24) is 10.6 Å². The molecule has 2 aliphatic rings. The average molecular weight is 316 g/mol. The third-order valence-electron chi connectivity index (χ3n) is 4.48. The predicted molar refractivity (Wildman–Crippen MR) is 89.3 cm³/mol. The van der Waals surface area contributed by atoms with Crippen LogP contribution in [0.5, 0.6) is 5.75 Å². The molecule has 6 nitrogen and oxygen atoms in total. The summed E-state index contributed by atoms with van der Waals surface area (Å²) in [5, 5.41) is 6.10. The molecule has 1 amide bonds. The summed E-state index contributed by atoms with van der Waals surface area (Å²) in [5.74, 6) is 1.77. The van der Waals surface area contributed by atoms with Crippen LogP contribution in [0.2, 0.25) is 0 Å². The third-order valence-corrected chi connectivity index (χ3v) is 4.48. The predicted octanol–water partition coefficient (Wildman–Crippen LogP) is 1.33. The molecule has 1 aliphatic carbocycles. The molecular formula is C17H24N4O2. The highest BCUT2D eigenvalue weighted by atomic mass is 16.5. The molecule has 0 bridgehead atoms. The molecule has 0 radical (unpaired) electrons. The maximum atomic E-state index is 12.1. The zero-order chi connectivity index (χ0) is 16.1. The van der Waals surface area contributed by atoms with E-state index >= 15 is 0 Å². The summed E-state index contributed by atoms with van der Waals surface area (Å²) < 4.78 is 5.60. The summed E-state index contributed by atoms with van der Waals surface area (Å²) in [4.78, 5) is 16.2. The van der Waals surface area contributed by atoms with E-state index in [1.807, 2.05) is 24.3 Å². The quantitative estimate of drug-likeness (QED) is 0.565. The fraction of sp³-hybridized carbons (Fsp3) is 0.529. The van der Waals surface area contributed by atoms with E-state index in [0.717, 1.165) is 24.3 Å². The minimum atomic E-state index is -0.125. The van der Waals surface area contributed by atoms with Crippen molar-refractivity contribution in [3.63, 3.8) is 0 Å². The third kappa shape index (κ3) is 4.15. The first-order valence-corrected chi connectivity index (χ1v) is 8.27. The van der Waals surface area contributed by atoms with Gasteiger partial charge in [0, 0.05) is 18.5 Å². The van der Waals surface area contributed by atoms with Gasteiger partial charge in [-0.3, -0.25) is 4.79 Å². The maximum absolute atomic E-state index is 12.1. The summed E-state index contributed by atoms with van der Waals surface area (Å²) in [6.07, 6.45) is 4.58. The Morgan fingerprint density at radius 1 is 1.30 bits per heavy atom. The molecule has 1 aliphatic heterocycles. The zero-order valence-electron chi connectivity index (χ0n) is 13.3. The van der Waals surface area contributed by atoms with Crippen LogP contribution in [-0.2, 0) is 4.79 Å². The lowest BCUT2D eigenvalue weighted by Crippen LogP contribution is -2.39. The van der Waals surface area contributed by atoms with Gasteiger partial charge in [0.2, 0.25) is 5.91 Å². The van der Waals surface area contributed by atoms with Crippen LogP contribution in [0.3, 0.4) is 0 Å². The molecule has 0 spiro atoms. The van der Waals surface area contributed by atoms with Crippen molar-refractivity contribution in [2.45, 2.75) is 31.7 Å². The van der Waals surface area contributed by atoms with Gasteiger partial charge in [0.1, 0.15) is 12.3 Å². The summed E-state index contributed by atoms with van der Waals surface area (Å²) in [6.45, 7) is 1.50. The molecule has 1 heterocycles. The van der Waals surface area contributed by atoms with Crippen molar-refractivity contribution in [1.29, 1.82) is 0 Å². The standard InChI is InChI=1S/C17H24N4O2/c18-17(19-10-12-4-3-5-12)20-11-16(22)21-14-8-9-23-15-7-2-1-6-13(14)15/h1-2,6-7,12,14H,3-5,8-11H2,(H,21,22)(H3,18,19,20). The van der Waals surface area contributed by atoms with Crippen LogP contribution in [0.1, 0.15) is 37.3 Å². The maximum Gasteiger partial charge on any atom is 0.242 e. The molecule has 6 heteroatoms. The van der Waals surface area contributed by atoms with Gasteiger partial charge in [0.25, 0.3) is 0 Å². The van der Waals surface area contributed by atoms with E-state index in [9.17, 15) is 4.79 Å². The fourth-order valence-electron chi connectivity index (χ4n) is 2.89. The van der Waals surface area contributed by atoms with E-state index in [-0.39, 0.29) is 18.5 Å². The number of amides is 1. The van der Waals surface area contributed by atoms with Crippen molar-refractivity contribution in [3.05, 3.63) is 29.8 Å². The lowest BCUT2D eigenvalue weighted by atomic mass is 9.85. The van der Waals surface area contributed by atoms with E-state index in [1.165, 1.54) is 19.3 Å². The van der Waals surface area contributed by atoms with Crippen LogP contribution in [-0.4, -0.2) is 31.6 Å². The van der Waals surface area contributed by atoms with Crippen molar-refractivity contribution in [2.24, 2.45) is 16.6 Å². The zero-order valence-corrected chi connectivity index (χ0v) is 13.3. The van der Waals surface area contributed by atoms with Crippen LogP contribution in [0.4, 0.5) is 0 Å². The number of nitrogens with one attached hydrogen (secondary N) is 2. The van der Waals surface area contributed by atoms with Crippen LogP contribution in [0, 0.1) is 5.92 Å². The van der Waals surface area contributed by atoms with Gasteiger partial charge in [0.05, 0.1) is 12.6 Å². The number of rotatable bonds is 5. The van der Waals surface area contributed by atoms with Crippen molar-refractivity contribution in [3.8, 4) is 5.75 Å². The van der Waals surface area contributed by atoms with E-state index in [1.54, 1.807) is 0 Å². The van der Waals surface area contributed by atoms with Gasteiger partial charge in [-0.05, 0) is 24.8 Å². The van der Waals surface area contributed by atoms with E-state index < -0.39 is 0 Å². The molecule has 23 heavy (non-hydrogen) atoms. The van der Waals surface area contributed by atoms with E-state index in [0.29, 0.717) is 18.5 Å². The smallest absolute Gasteiger partial charge is 0.242 e. The van der Waals surface area contributed by atoms with Gasteiger partial charge in [0.15, 0.2) is 5.96 Å². The Bertz CT molecular complexity index is 584. The van der Waals surface area contributed by atoms with E-state index in [4.69, 9.17) is 10.5 Å². The number of benzene rings is 1. The highest BCUT2D eigenvalue weighted by Gasteiger charge is 2.22. The summed E-state index contributed by atoms with van der Waals surface area (Å²) in [7, 11) is 0. The molecule has 1 atom stereocenters. The first-order chi connectivity index (χ1) is 11.2. The molecule has 4 N–H and O–H groups in total. The number of carbonyl (C=O) groups excluding carboxylic acids is 1.